The minimum absolute atomic E-state index is 0.0481. The fourth-order valence-corrected chi connectivity index (χ4v) is 3.26. The second kappa shape index (κ2) is 7.56. The second-order valence-electron chi connectivity index (χ2n) is 7.44. The Kier molecular flexibility index (Phi) is 5.42. The van der Waals surface area contributed by atoms with Crippen molar-refractivity contribution >= 4 is 11.8 Å². The Bertz CT molecular complexity index is 635. The second-order valence-corrected chi connectivity index (χ2v) is 7.44. The first-order chi connectivity index (χ1) is 12.0. The molecule has 2 heterocycles. The van der Waals surface area contributed by atoms with E-state index in [1.165, 1.54) is 0 Å². The molecule has 1 saturated carbocycles. The van der Waals surface area contributed by atoms with Crippen LogP contribution in [0.4, 0.5) is 0 Å². The van der Waals surface area contributed by atoms with E-state index in [0.717, 1.165) is 25.0 Å². The Balaban J connectivity index is 1.79. The molecule has 1 aliphatic heterocycles. The van der Waals surface area contributed by atoms with E-state index < -0.39 is 6.04 Å². The molecular weight excluding hydrogens is 318 g/mol. The molecule has 7 nitrogen and oxygen atoms in total. The molecule has 2 amide bonds. The molecule has 138 valence electrons. The number of carbonyl (C=O) groups excluding carboxylic acids is 2. The predicted molar refractivity (Wildman–Crippen MR) is 95.3 cm³/mol. The van der Waals surface area contributed by atoms with Crippen LogP contribution in [0.15, 0.2) is 6.07 Å². The molecule has 2 fully saturated rings. The molecule has 3 rings (SSSR count). The van der Waals surface area contributed by atoms with Gasteiger partial charge in [-0.3, -0.25) is 14.3 Å². The maximum absolute atomic E-state index is 13.2. The maximum Gasteiger partial charge on any atom is 0.272 e. The molecule has 2 N–H and O–H groups in total. The van der Waals surface area contributed by atoms with Gasteiger partial charge in [0.15, 0.2) is 0 Å². The van der Waals surface area contributed by atoms with Crippen LogP contribution in [0.5, 0.6) is 0 Å². The van der Waals surface area contributed by atoms with Gasteiger partial charge in [-0.1, -0.05) is 13.8 Å². The van der Waals surface area contributed by atoms with Gasteiger partial charge in [-0.15, -0.1) is 0 Å². The van der Waals surface area contributed by atoms with Crippen LogP contribution in [0.3, 0.4) is 0 Å². The number of rotatable bonds is 6. The van der Waals surface area contributed by atoms with Crippen LogP contribution < -0.4 is 10.6 Å². The average Bonchev–Trinajstić information content (AvgIpc) is 3.31. The highest BCUT2D eigenvalue weighted by molar-refractivity contribution is 5.96. The number of carbonyl (C=O) groups is 2. The van der Waals surface area contributed by atoms with Crippen LogP contribution in [0.1, 0.15) is 49.8 Å². The van der Waals surface area contributed by atoms with Crippen LogP contribution in [0.2, 0.25) is 0 Å². The van der Waals surface area contributed by atoms with Crippen molar-refractivity contribution in [2.75, 3.05) is 19.6 Å². The van der Waals surface area contributed by atoms with Crippen molar-refractivity contribution < 1.29 is 9.59 Å². The van der Waals surface area contributed by atoms with E-state index in [2.05, 4.69) is 29.6 Å². The third-order valence-corrected chi connectivity index (χ3v) is 4.70. The summed E-state index contributed by atoms with van der Waals surface area (Å²) in [5.74, 6) is 0.342. The van der Waals surface area contributed by atoms with E-state index in [-0.39, 0.29) is 11.8 Å². The first-order valence-electron chi connectivity index (χ1n) is 9.38. The summed E-state index contributed by atoms with van der Waals surface area (Å²) in [6.07, 6.45) is 2.93. The lowest BCUT2D eigenvalue weighted by atomic mass is 10.1. The number of aryl methyl sites for hydroxylation is 1. The number of hydrogen-bond acceptors (Lipinski definition) is 4. The standard InChI is InChI=1S/C18H29N5O2/c1-4-23-15(10-14(21-23)9-12(2)3)18(25)22-8-7-19-11-16(22)17(24)20-13-5-6-13/h10,12-13,16,19H,4-9,11H2,1-3H3,(H,20,24). The van der Waals surface area contributed by atoms with Gasteiger partial charge in [-0.25, -0.2) is 0 Å². The van der Waals surface area contributed by atoms with Gasteiger partial charge in [0.1, 0.15) is 11.7 Å². The molecule has 1 unspecified atom stereocenters. The van der Waals surface area contributed by atoms with Crippen LogP contribution in [-0.2, 0) is 17.8 Å². The summed E-state index contributed by atoms with van der Waals surface area (Å²) in [5, 5.41) is 10.8. The third-order valence-electron chi connectivity index (χ3n) is 4.70. The minimum atomic E-state index is -0.449. The van der Waals surface area contributed by atoms with E-state index in [1.54, 1.807) is 9.58 Å². The molecule has 0 aromatic carbocycles. The van der Waals surface area contributed by atoms with Crippen LogP contribution >= 0.6 is 0 Å². The molecule has 0 spiro atoms. The smallest absolute Gasteiger partial charge is 0.272 e. The van der Waals surface area contributed by atoms with Gasteiger partial charge >= 0.3 is 0 Å². The number of nitrogens with zero attached hydrogens (tertiary/aromatic N) is 3. The van der Waals surface area contributed by atoms with Gasteiger partial charge in [0.2, 0.25) is 5.91 Å². The molecule has 0 bridgehead atoms. The molecule has 25 heavy (non-hydrogen) atoms. The molecule has 7 heteroatoms. The number of piperazine rings is 1. The van der Waals surface area contributed by atoms with Crippen LogP contribution in [0.25, 0.3) is 0 Å². The molecular formula is C18H29N5O2. The molecule has 1 atom stereocenters. The maximum atomic E-state index is 13.2. The molecule has 1 saturated heterocycles. The summed E-state index contributed by atoms with van der Waals surface area (Å²) in [6.45, 7) is 8.65. The predicted octanol–water partition coefficient (Wildman–Crippen LogP) is 0.794. The van der Waals surface area contributed by atoms with Gasteiger partial charge in [0, 0.05) is 32.2 Å². The fourth-order valence-electron chi connectivity index (χ4n) is 3.26. The highest BCUT2D eigenvalue weighted by Gasteiger charge is 2.36. The van der Waals surface area contributed by atoms with Gasteiger partial charge in [-0.05, 0) is 38.2 Å². The van der Waals surface area contributed by atoms with E-state index >= 15 is 0 Å². The average molecular weight is 347 g/mol. The first kappa shape index (κ1) is 17.9. The lowest BCUT2D eigenvalue weighted by Crippen LogP contribution is -2.60. The Morgan fingerprint density at radius 2 is 2.16 bits per heavy atom. The van der Waals surface area contributed by atoms with Crippen molar-refractivity contribution in [3.05, 3.63) is 17.5 Å². The number of nitrogens with one attached hydrogen (secondary N) is 2. The number of aromatic nitrogens is 2. The topological polar surface area (TPSA) is 79.3 Å². The summed E-state index contributed by atoms with van der Waals surface area (Å²) in [6, 6.07) is 1.74. The number of amides is 2. The van der Waals surface area contributed by atoms with E-state index in [0.29, 0.717) is 43.8 Å². The van der Waals surface area contributed by atoms with E-state index in [1.807, 2.05) is 13.0 Å². The zero-order valence-corrected chi connectivity index (χ0v) is 15.4. The highest BCUT2D eigenvalue weighted by Crippen LogP contribution is 2.20. The van der Waals surface area contributed by atoms with Crippen molar-refractivity contribution in [3.63, 3.8) is 0 Å². The van der Waals surface area contributed by atoms with Gasteiger partial charge in [0.05, 0.1) is 5.69 Å². The Morgan fingerprint density at radius 1 is 1.40 bits per heavy atom. The highest BCUT2D eigenvalue weighted by atomic mass is 16.2. The van der Waals surface area contributed by atoms with Crippen molar-refractivity contribution in [3.8, 4) is 0 Å². The zero-order chi connectivity index (χ0) is 18.0. The fraction of sp³-hybridized carbons (Fsp3) is 0.722. The Hall–Kier alpha value is -1.89. The van der Waals surface area contributed by atoms with Crippen LogP contribution in [-0.4, -0.2) is 58.2 Å². The molecule has 0 radical (unpaired) electrons. The SMILES string of the molecule is CCn1nc(CC(C)C)cc1C(=O)N1CCNCC1C(=O)NC1CC1. The van der Waals surface area contributed by atoms with Crippen LogP contribution in [0, 0.1) is 5.92 Å². The van der Waals surface area contributed by atoms with Crippen molar-refractivity contribution in [2.45, 2.75) is 58.7 Å². The summed E-state index contributed by atoms with van der Waals surface area (Å²) < 4.78 is 1.76. The summed E-state index contributed by atoms with van der Waals surface area (Å²) in [4.78, 5) is 27.4. The Morgan fingerprint density at radius 3 is 2.80 bits per heavy atom. The van der Waals surface area contributed by atoms with Crippen molar-refractivity contribution in [1.82, 2.24) is 25.3 Å². The van der Waals surface area contributed by atoms with E-state index in [9.17, 15) is 9.59 Å². The van der Waals surface area contributed by atoms with Crippen molar-refractivity contribution in [2.24, 2.45) is 5.92 Å². The lowest BCUT2D eigenvalue weighted by molar-refractivity contribution is -0.126. The summed E-state index contributed by atoms with van der Waals surface area (Å²) >= 11 is 0. The summed E-state index contributed by atoms with van der Waals surface area (Å²) in [7, 11) is 0. The van der Waals surface area contributed by atoms with Gasteiger partial charge < -0.3 is 15.5 Å². The molecule has 1 aliphatic carbocycles. The first-order valence-corrected chi connectivity index (χ1v) is 9.38. The normalized spacial score (nSPS) is 20.8. The lowest BCUT2D eigenvalue weighted by Gasteiger charge is -2.35. The van der Waals surface area contributed by atoms with Crippen molar-refractivity contribution in [1.29, 1.82) is 0 Å². The minimum Gasteiger partial charge on any atom is -0.352 e. The van der Waals surface area contributed by atoms with Gasteiger partial charge in [0.25, 0.3) is 5.91 Å². The summed E-state index contributed by atoms with van der Waals surface area (Å²) in [5.41, 5.74) is 1.53. The quantitative estimate of drug-likeness (QED) is 0.798. The monoisotopic (exact) mass is 347 g/mol. The van der Waals surface area contributed by atoms with Gasteiger partial charge in [-0.2, -0.15) is 5.10 Å². The molecule has 1 aromatic heterocycles. The third kappa shape index (κ3) is 4.21. The number of hydrogen-bond donors (Lipinski definition) is 2. The Labute approximate surface area is 149 Å². The zero-order valence-electron chi connectivity index (χ0n) is 15.4. The largest absolute Gasteiger partial charge is 0.352 e. The molecule has 1 aromatic rings. The molecule has 2 aliphatic rings. The van der Waals surface area contributed by atoms with E-state index in [4.69, 9.17) is 0 Å².